The lowest BCUT2D eigenvalue weighted by atomic mass is 9.88. The van der Waals surface area contributed by atoms with Crippen LogP contribution in [0.25, 0.3) is 0 Å². The number of alkyl carbamates (subject to hydrolysis) is 1. The van der Waals surface area contributed by atoms with E-state index < -0.39 is 6.09 Å². The first kappa shape index (κ1) is 29.3. The SMILES string of the molecule is CNC[C@H](C[C@H]1CCCOC1)NC(=O)N1CCC[C@@](C)(N(CCCNC(=O)OC)c2cccc(Cl)c2)C1. The lowest BCUT2D eigenvalue weighted by Crippen LogP contribution is -2.61. The van der Waals surface area contributed by atoms with Crippen molar-refractivity contribution in [3.63, 3.8) is 0 Å². The van der Waals surface area contributed by atoms with Crippen molar-refractivity contribution < 1.29 is 19.1 Å². The Morgan fingerprint density at radius 3 is 2.89 bits per heavy atom. The van der Waals surface area contributed by atoms with E-state index >= 15 is 0 Å². The first-order valence-corrected chi connectivity index (χ1v) is 13.8. The summed E-state index contributed by atoms with van der Waals surface area (Å²) >= 11 is 6.35. The Morgan fingerprint density at radius 1 is 1.35 bits per heavy atom. The zero-order valence-electron chi connectivity index (χ0n) is 22.6. The second-order valence-electron chi connectivity index (χ2n) is 10.4. The minimum absolute atomic E-state index is 0.0127. The van der Waals surface area contributed by atoms with E-state index in [0.717, 1.165) is 70.5 Å². The third kappa shape index (κ3) is 8.93. The van der Waals surface area contributed by atoms with E-state index in [9.17, 15) is 9.59 Å². The molecule has 1 aromatic carbocycles. The summed E-state index contributed by atoms with van der Waals surface area (Å²) in [7, 11) is 3.28. The largest absolute Gasteiger partial charge is 0.453 e. The number of carbonyl (C=O) groups excluding carboxylic acids is 2. The van der Waals surface area contributed by atoms with Crippen molar-refractivity contribution in [2.45, 2.75) is 57.0 Å². The molecule has 0 unspecified atom stereocenters. The van der Waals surface area contributed by atoms with E-state index in [1.807, 2.05) is 30.1 Å². The quantitative estimate of drug-likeness (QED) is 0.371. The number of nitrogens with zero attached hydrogens (tertiary/aromatic N) is 2. The average Bonchev–Trinajstić information content (AvgIpc) is 2.89. The molecule has 0 spiro atoms. The molecule has 37 heavy (non-hydrogen) atoms. The van der Waals surface area contributed by atoms with E-state index in [2.05, 4.69) is 38.6 Å². The highest BCUT2D eigenvalue weighted by Crippen LogP contribution is 2.33. The van der Waals surface area contributed by atoms with Crippen molar-refractivity contribution in [2.75, 3.05) is 65.0 Å². The fourth-order valence-corrected chi connectivity index (χ4v) is 5.75. The number of anilines is 1. The molecule has 0 radical (unpaired) electrons. The van der Waals surface area contributed by atoms with Gasteiger partial charge >= 0.3 is 12.1 Å². The van der Waals surface area contributed by atoms with Crippen LogP contribution in [0.2, 0.25) is 5.02 Å². The van der Waals surface area contributed by atoms with E-state index in [0.29, 0.717) is 30.6 Å². The van der Waals surface area contributed by atoms with Gasteiger partial charge in [0.15, 0.2) is 0 Å². The standard InChI is InChI=1S/C27H44ClN5O4/c1-27(33(14-7-12-30-26(35)36-3)24-10-4-9-22(28)17-24)11-6-13-32(20-27)25(34)31-23(18-29-2)16-21-8-5-15-37-19-21/h4,9-10,17,21,23,29H,5-8,11-16,18-20H2,1-3H3,(H,30,35)(H,31,34)/t21-,23+,27-/m1/s1. The van der Waals surface area contributed by atoms with Gasteiger partial charge in [-0.15, -0.1) is 0 Å². The first-order valence-electron chi connectivity index (χ1n) is 13.5. The maximum absolute atomic E-state index is 13.4. The van der Waals surface area contributed by atoms with Crippen LogP contribution in [0, 0.1) is 5.92 Å². The van der Waals surface area contributed by atoms with Gasteiger partial charge < -0.3 is 35.2 Å². The zero-order chi connectivity index (χ0) is 26.7. The van der Waals surface area contributed by atoms with Gasteiger partial charge in [-0.1, -0.05) is 17.7 Å². The molecule has 0 bridgehead atoms. The van der Waals surface area contributed by atoms with Gasteiger partial charge in [-0.05, 0) is 76.6 Å². The zero-order valence-corrected chi connectivity index (χ0v) is 23.3. The lowest BCUT2D eigenvalue weighted by molar-refractivity contribution is 0.0475. The van der Waals surface area contributed by atoms with Crippen LogP contribution in [-0.4, -0.2) is 88.7 Å². The molecule has 1 aromatic rings. The molecule has 208 valence electrons. The normalized spacial score (nSPS) is 22.7. The number of amides is 3. The number of urea groups is 1. The lowest BCUT2D eigenvalue weighted by Gasteiger charge is -2.49. The van der Waals surface area contributed by atoms with Gasteiger partial charge in [-0.3, -0.25) is 0 Å². The number of carbonyl (C=O) groups is 2. The molecule has 2 saturated heterocycles. The molecule has 10 heteroatoms. The first-order chi connectivity index (χ1) is 17.8. The number of methoxy groups -OCH3 is 1. The summed E-state index contributed by atoms with van der Waals surface area (Å²) in [5.74, 6) is 0.482. The third-order valence-electron chi connectivity index (χ3n) is 7.40. The Labute approximate surface area is 226 Å². The molecule has 9 nitrogen and oxygen atoms in total. The number of likely N-dealkylation sites (tertiary alicyclic amines) is 1. The second kappa shape index (κ2) is 14.6. The number of benzene rings is 1. The number of hydrogen-bond acceptors (Lipinski definition) is 6. The molecule has 2 heterocycles. The van der Waals surface area contributed by atoms with Crippen molar-refractivity contribution >= 4 is 29.4 Å². The average molecular weight is 538 g/mol. The minimum atomic E-state index is -0.433. The monoisotopic (exact) mass is 537 g/mol. The number of ether oxygens (including phenoxy) is 2. The Balaban J connectivity index is 1.68. The Morgan fingerprint density at radius 2 is 2.19 bits per heavy atom. The summed E-state index contributed by atoms with van der Waals surface area (Å²) in [6.07, 6.45) is 5.32. The topological polar surface area (TPSA) is 95.2 Å². The predicted molar refractivity (Wildman–Crippen MR) is 147 cm³/mol. The second-order valence-corrected chi connectivity index (χ2v) is 10.9. The molecule has 3 amide bonds. The van der Waals surface area contributed by atoms with Crippen LogP contribution in [0.15, 0.2) is 24.3 Å². The summed E-state index contributed by atoms with van der Waals surface area (Å²) in [4.78, 5) is 29.2. The smallest absolute Gasteiger partial charge is 0.406 e. The summed E-state index contributed by atoms with van der Waals surface area (Å²) in [5, 5.41) is 9.96. The van der Waals surface area contributed by atoms with E-state index in [-0.39, 0.29) is 17.6 Å². The van der Waals surface area contributed by atoms with Crippen LogP contribution in [-0.2, 0) is 9.47 Å². The molecule has 0 aliphatic carbocycles. The van der Waals surface area contributed by atoms with Crippen LogP contribution in [0.5, 0.6) is 0 Å². The molecule has 3 N–H and O–H groups in total. The van der Waals surface area contributed by atoms with Gasteiger partial charge in [0.2, 0.25) is 0 Å². The van der Waals surface area contributed by atoms with Gasteiger partial charge in [0.1, 0.15) is 0 Å². The summed E-state index contributed by atoms with van der Waals surface area (Å²) in [6.45, 7) is 7.11. The maximum atomic E-state index is 13.4. The van der Waals surface area contributed by atoms with E-state index in [1.165, 1.54) is 7.11 Å². The molecule has 2 aliphatic rings. The number of nitrogens with one attached hydrogen (secondary N) is 3. The number of likely N-dealkylation sites (N-methyl/N-ethyl adjacent to an activating group) is 1. The van der Waals surface area contributed by atoms with Gasteiger partial charge in [0, 0.05) is 62.7 Å². The molecule has 0 saturated carbocycles. The highest BCUT2D eigenvalue weighted by atomic mass is 35.5. The highest BCUT2D eigenvalue weighted by molar-refractivity contribution is 6.30. The van der Waals surface area contributed by atoms with Crippen molar-refractivity contribution in [1.82, 2.24) is 20.9 Å². The molecule has 0 aromatic heterocycles. The Kier molecular flexibility index (Phi) is 11.6. The molecular weight excluding hydrogens is 494 g/mol. The summed E-state index contributed by atoms with van der Waals surface area (Å²) < 4.78 is 10.3. The Hall–Kier alpha value is -2.23. The van der Waals surface area contributed by atoms with E-state index in [4.69, 9.17) is 16.3 Å². The maximum Gasteiger partial charge on any atom is 0.406 e. The Bertz CT molecular complexity index is 869. The van der Waals surface area contributed by atoms with Crippen molar-refractivity contribution in [3.8, 4) is 0 Å². The molecular formula is C27H44ClN5O4. The number of hydrogen-bond donors (Lipinski definition) is 3. The van der Waals surface area contributed by atoms with Gasteiger partial charge in [-0.2, -0.15) is 0 Å². The van der Waals surface area contributed by atoms with Crippen molar-refractivity contribution in [1.29, 1.82) is 0 Å². The highest BCUT2D eigenvalue weighted by Gasteiger charge is 2.38. The molecule has 3 rings (SSSR count). The number of piperidine rings is 1. The minimum Gasteiger partial charge on any atom is -0.453 e. The van der Waals surface area contributed by atoms with Gasteiger partial charge in [0.25, 0.3) is 0 Å². The van der Waals surface area contributed by atoms with E-state index in [1.54, 1.807) is 0 Å². The van der Waals surface area contributed by atoms with Crippen LogP contribution < -0.4 is 20.9 Å². The number of halogens is 1. The fourth-order valence-electron chi connectivity index (χ4n) is 5.57. The van der Waals surface area contributed by atoms with Crippen molar-refractivity contribution in [3.05, 3.63) is 29.3 Å². The van der Waals surface area contributed by atoms with Crippen LogP contribution in [0.4, 0.5) is 15.3 Å². The van der Waals surface area contributed by atoms with Crippen LogP contribution in [0.1, 0.15) is 45.4 Å². The third-order valence-corrected chi connectivity index (χ3v) is 7.63. The molecule has 3 atom stereocenters. The molecule has 2 fully saturated rings. The fraction of sp³-hybridized carbons (Fsp3) is 0.704. The molecule has 2 aliphatic heterocycles. The van der Waals surface area contributed by atoms with Gasteiger partial charge in [-0.25, -0.2) is 9.59 Å². The predicted octanol–water partition coefficient (Wildman–Crippen LogP) is 3.86. The summed E-state index contributed by atoms with van der Waals surface area (Å²) in [5.41, 5.74) is 0.738. The van der Waals surface area contributed by atoms with Crippen LogP contribution in [0.3, 0.4) is 0 Å². The van der Waals surface area contributed by atoms with Crippen LogP contribution >= 0.6 is 11.6 Å². The van der Waals surface area contributed by atoms with Crippen molar-refractivity contribution in [2.24, 2.45) is 5.92 Å². The number of rotatable bonds is 11. The summed E-state index contributed by atoms with van der Waals surface area (Å²) in [6, 6.07) is 7.88. The van der Waals surface area contributed by atoms with Gasteiger partial charge in [0.05, 0.1) is 12.6 Å².